The zero-order chi connectivity index (χ0) is 14.8. The first kappa shape index (κ1) is 16.7. The monoisotopic (exact) mass is 273 g/mol. The highest BCUT2D eigenvalue weighted by Gasteiger charge is 2.05. The molecule has 0 bridgehead atoms. The van der Waals surface area contributed by atoms with Crippen molar-refractivity contribution < 1.29 is 0 Å². The Morgan fingerprint density at radius 2 is 1.45 bits per heavy atom. The molecule has 0 amide bonds. The van der Waals surface area contributed by atoms with Gasteiger partial charge < -0.3 is 4.90 Å². The zero-order valence-electron chi connectivity index (χ0n) is 13.1. The predicted molar refractivity (Wildman–Crippen MR) is 84.5 cm³/mol. The number of hydrogen-bond donors (Lipinski definition) is 0. The molecule has 3 heteroatoms. The molecule has 1 aromatic carbocycles. The van der Waals surface area contributed by atoms with Gasteiger partial charge in [-0.15, -0.1) is 0 Å². The minimum absolute atomic E-state index is 0.735. The largest absolute Gasteiger partial charge is 0.304 e. The number of rotatable bonds is 9. The smallest absolute Gasteiger partial charge is 0.0991 e. The van der Waals surface area contributed by atoms with Gasteiger partial charge in [-0.05, 0) is 56.8 Å². The molecule has 0 saturated carbocycles. The molecule has 0 saturated heterocycles. The molecular formula is C17H27N3. The van der Waals surface area contributed by atoms with E-state index in [9.17, 15) is 0 Å². The summed E-state index contributed by atoms with van der Waals surface area (Å²) in [7, 11) is 0. The molecule has 0 N–H and O–H groups in total. The van der Waals surface area contributed by atoms with E-state index < -0.39 is 0 Å². The molecule has 0 aliphatic heterocycles. The lowest BCUT2D eigenvalue weighted by Gasteiger charge is -2.23. The first-order valence-corrected chi connectivity index (χ1v) is 7.67. The van der Waals surface area contributed by atoms with Crippen LogP contribution in [0.4, 0.5) is 0 Å². The summed E-state index contributed by atoms with van der Waals surface area (Å²) in [6.45, 7) is 13.3. The van der Waals surface area contributed by atoms with Crippen LogP contribution >= 0.6 is 0 Å². The highest BCUT2D eigenvalue weighted by molar-refractivity contribution is 5.31. The van der Waals surface area contributed by atoms with Gasteiger partial charge in [0.25, 0.3) is 0 Å². The van der Waals surface area contributed by atoms with E-state index in [1.54, 1.807) is 0 Å². The van der Waals surface area contributed by atoms with Crippen molar-refractivity contribution in [2.24, 2.45) is 0 Å². The Labute approximate surface area is 123 Å². The fourth-order valence-corrected chi connectivity index (χ4v) is 2.35. The van der Waals surface area contributed by atoms with E-state index in [1.165, 1.54) is 18.5 Å². The average Bonchev–Trinajstić information content (AvgIpc) is 2.51. The normalized spacial score (nSPS) is 11.0. The molecule has 0 radical (unpaired) electrons. The average molecular weight is 273 g/mol. The van der Waals surface area contributed by atoms with Crippen LogP contribution in [0.2, 0.25) is 0 Å². The van der Waals surface area contributed by atoms with Gasteiger partial charge in [0.2, 0.25) is 0 Å². The first-order chi connectivity index (χ1) is 9.73. The summed E-state index contributed by atoms with van der Waals surface area (Å²) in [5.41, 5.74) is 2.02. The van der Waals surface area contributed by atoms with E-state index in [0.29, 0.717) is 0 Å². The summed E-state index contributed by atoms with van der Waals surface area (Å²) in [5, 5.41) is 8.81. The van der Waals surface area contributed by atoms with Gasteiger partial charge >= 0.3 is 0 Å². The highest BCUT2D eigenvalue weighted by Crippen LogP contribution is 2.07. The summed E-state index contributed by atoms with van der Waals surface area (Å²) in [6.07, 6.45) is 1.21. The van der Waals surface area contributed by atoms with Crippen LogP contribution in [-0.2, 0) is 6.54 Å². The standard InChI is InChI=1S/C17H27N3/c1-4-19(5-2)12-7-13-20(6-3)15-17-10-8-16(14-18)9-11-17/h8-11H,4-7,12-13,15H2,1-3H3. The molecule has 0 spiro atoms. The number of benzene rings is 1. The molecule has 0 aromatic heterocycles. The molecule has 0 aliphatic carbocycles. The van der Waals surface area contributed by atoms with E-state index in [4.69, 9.17) is 5.26 Å². The van der Waals surface area contributed by atoms with E-state index in [1.807, 2.05) is 12.1 Å². The minimum Gasteiger partial charge on any atom is -0.304 e. The Bertz CT molecular complexity index is 401. The van der Waals surface area contributed by atoms with E-state index >= 15 is 0 Å². The van der Waals surface area contributed by atoms with Gasteiger partial charge in [-0.2, -0.15) is 5.26 Å². The van der Waals surface area contributed by atoms with Crippen LogP contribution in [0.15, 0.2) is 24.3 Å². The summed E-state index contributed by atoms with van der Waals surface area (Å²) in [4.78, 5) is 4.93. The lowest BCUT2D eigenvalue weighted by Crippen LogP contribution is -2.29. The summed E-state index contributed by atoms with van der Waals surface area (Å²) in [5.74, 6) is 0. The van der Waals surface area contributed by atoms with Crippen molar-refractivity contribution in [1.82, 2.24) is 9.80 Å². The molecule has 1 rings (SSSR count). The van der Waals surface area contributed by atoms with E-state index in [2.05, 4.69) is 48.8 Å². The number of nitrogens with zero attached hydrogens (tertiary/aromatic N) is 3. The molecule has 1 aromatic rings. The first-order valence-electron chi connectivity index (χ1n) is 7.67. The van der Waals surface area contributed by atoms with Crippen LogP contribution in [0.3, 0.4) is 0 Å². The van der Waals surface area contributed by atoms with Gasteiger partial charge in [-0.3, -0.25) is 4.90 Å². The lowest BCUT2D eigenvalue weighted by atomic mass is 10.1. The fourth-order valence-electron chi connectivity index (χ4n) is 2.35. The maximum Gasteiger partial charge on any atom is 0.0991 e. The minimum atomic E-state index is 0.735. The Balaban J connectivity index is 2.40. The molecule has 0 aliphatic rings. The van der Waals surface area contributed by atoms with Crippen LogP contribution in [0.1, 0.15) is 38.3 Å². The third-order valence-electron chi connectivity index (χ3n) is 3.78. The maximum absolute atomic E-state index is 8.81. The van der Waals surface area contributed by atoms with Crippen molar-refractivity contribution in [1.29, 1.82) is 5.26 Å². The zero-order valence-corrected chi connectivity index (χ0v) is 13.1. The van der Waals surface area contributed by atoms with E-state index in [-0.39, 0.29) is 0 Å². The van der Waals surface area contributed by atoms with Crippen LogP contribution in [-0.4, -0.2) is 42.5 Å². The van der Waals surface area contributed by atoms with Gasteiger partial charge in [-0.25, -0.2) is 0 Å². The van der Waals surface area contributed by atoms with Gasteiger partial charge in [0, 0.05) is 6.54 Å². The lowest BCUT2D eigenvalue weighted by molar-refractivity contribution is 0.238. The molecule has 110 valence electrons. The van der Waals surface area contributed by atoms with Crippen molar-refractivity contribution in [3.63, 3.8) is 0 Å². The van der Waals surface area contributed by atoms with Crippen LogP contribution in [0.5, 0.6) is 0 Å². The Morgan fingerprint density at radius 3 is 1.95 bits per heavy atom. The van der Waals surface area contributed by atoms with Crippen molar-refractivity contribution in [2.75, 3.05) is 32.7 Å². The van der Waals surface area contributed by atoms with Crippen LogP contribution < -0.4 is 0 Å². The summed E-state index contributed by atoms with van der Waals surface area (Å²) in [6, 6.07) is 10.1. The van der Waals surface area contributed by atoms with Crippen molar-refractivity contribution in [3.8, 4) is 6.07 Å². The molecule has 0 unspecified atom stereocenters. The Kier molecular flexibility index (Phi) is 7.94. The van der Waals surface area contributed by atoms with Crippen LogP contribution in [0, 0.1) is 11.3 Å². The summed E-state index contributed by atoms with van der Waals surface area (Å²) < 4.78 is 0. The van der Waals surface area contributed by atoms with Gasteiger partial charge in [0.1, 0.15) is 0 Å². The second-order valence-corrected chi connectivity index (χ2v) is 5.06. The highest BCUT2D eigenvalue weighted by atomic mass is 15.1. The van der Waals surface area contributed by atoms with Crippen LogP contribution in [0.25, 0.3) is 0 Å². The second kappa shape index (κ2) is 9.52. The summed E-state index contributed by atoms with van der Waals surface area (Å²) >= 11 is 0. The maximum atomic E-state index is 8.81. The molecule has 0 fully saturated rings. The molecule has 0 atom stereocenters. The Morgan fingerprint density at radius 1 is 0.900 bits per heavy atom. The Hall–Kier alpha value is -1.37. The molecule has 20 heavy (non-hydrogen) atoms. The third kappa shape index (κ3) is 5.73. The number of nitriles is 1. The van der Waals surface area contributed by atoms with E-state index in [0.717, 1.165) is 38.3 Å². The molecular weight excluding hydrogens is 246 g/mol. The SMILES string of the molecule is CCN(CC)CCCN(CC)Cc1ccc(C#N)cc1. The third-order valence-corrected chi connectivity index (χ3v) is 3.78. The van der Waals surface area contributed by atoms with Crippen molar-refractivity contribution >= 4 is 0 Å². The molecule has 3 nitrogen and oxygen atoms in total. The van der Waals surface area contributed by atoms with Crippen molar-refractivity contribution in [3.05, 3.63) is 35.4 Å². The van der Waals surface area contributed by atoms with Gasteiger partial charge in [-0.1, -0.05) is 32.9 Å². The molecule has 0 heterocycles. The van der Waals surface area contributed by atoms with Gasteiger partial charge in [0.15, 0.2) is 0 Å². The topological polar surface area (TPSA) is 30.3 Å². The second-order valence-electron chi connectivity index (χ2n) is 5.06. The van der Waals surface area contributed by atoms with Gasteiger partial charge in [0.05, 0.1) is 11.6 Å². The fraction of sp³-hybridized carbons (Fsp3) is 0.588. The predicted octanol–water partition coefficient (Wildman–Crippen LogP) is 3.11. The number of hydrogen-bond acceptors (Lipinski definition) is 3. The quantitative estimate of drug-likeness (QED) is 0.692. The van der Waals surface area contributed by atoms with Crippen molar-refractivity contribution in [2.45, 2.75) is 33.7 Å².